The summed E-state index contributed by atoms with van der Waals surface area (Å²) in [6.45, 7) is 8.06. The molecule has 0 spiro atoms. The molecule has 0 unspecified atom stereocenters. The van der Waals surface area contributed by atoms with Crippen LogP contribution in [0.2, 0.25) is 0 Å². The monoisotopic (exact) mass is 627 g/mol. The van der Waals surface area contributed by atoms with Crippen molar-refractivity contribution in [1.29, 1.82) is 5.26 Å². The van der Waals surface area contributed by atoms with Crippen molar-refractivity contribution >= 4 is 59.0 Å². The van der Waals surface area contributed by atoms with E-state index in [9.17, 15) is 5.26 Å². The molecule has 0 atom stereocenters. The van der Waals surface area contributed by atoms with E-state index in [2.05, 4.69) is 137 Å². The minimum atomic E-state index is 0.578. The molecule has 4 heteroatoms. The van der Waals surface area contributed by atoms with E-state index in [1.54, 1.807) is 0 Å². The molecule has 7 aromatic carbocycles. The molecule has 9 rings (SSSR count). The molecule has 222 valence electrons. The smallest absolute Gasteiger partial charge is 0.189 e. The van der Waals surface area contributed by atoms with E-state index in [0.29, 0.717) is 11.3 Å². The number of hydrogen-bond acceptors (Lipinski definition) is 2. The van der Waals surface area contributed by atoms with Crippen LogP contribution in [0.25, 0.3) is 85.9 Å². The van der Waals surface area contributed by atoms with Crippen molar-refractivity contribution in [3.8, 4) is 45.1 Å². The predicted octanol–water partition coefficient (Wildman–Crippen LogP) is 12.6. The first-order valence-corrected chi connectivity index (χ1v) is 16.6. The van der Waals surface area contributed by atoms with Crippen molar-refractivity contribution in [3.05, 3.63) is 169 Å². The molecular weight excluding hydrogens is 603 g/mol. The van der Waals surface area contributed by atoms with Gasteiger partial charge in [0.15, 0.2) is 5.69 Å². The Morgan fingerprint density at radius 2 is 1.10 bits per heavy atom. The Labute approximate surface area is 281 Å². The normalized spacial score (nSPS) is 11.3. The minimum absolute atomic E-state index is 0.578. The highest BCUT2D eigenvalue weighted by molar-refractivity contribution is 7.25. The van der Waals surface area contributed by atoms with Gasteiger partial charge in [-0.1, -0.05) is 72.8 Å². The average Bonchev–Trinajstić information content (AvgIpc) is 3.70. The quantitative estimate of drug-likeness (QED) is 0.179. The molecule has 2 aromatic heterocycles. The molecule has 0 aliphatic carbocycles. The number of nitriles is 1. The van der Waals surface area contributed by atoms with Crippen LogP contribution in [0, 0.1) is 17.9 Å². The van der Waals surface area contributed by atoms with Crippen molar-refractivity contribution in [2.24, 2.45) is 0 Å². The van der Waals surface area contributed by atoms with Crippen LogP contribution in [-0.2, 0) is 0 Å². The van der Waals surface area contributed by atoms with Crippen LogP contribution in [0.3, 0.4) is 0 Å². The van der Waals surface area contributed by atoms with Crippen LogP contribution in [0.1, 0.15) is 5.56 Å². The highest BCUT2D eigenvalue weighted by Crippen LogP contribution is 2.40. The van der Waals surface area contributed by atoms with E-state index >= 15 is 0 Å². The van der Waals surface area contributed by atoms with E-state index in [1.165, 1.54) is 30.9 Å². The zero-order valence-electron chi connectivity index (χ0n) is 25.7. The topological polar surface area (TPSA) is 33.1 Å². The van der Waals surface area contributed by atoms with Gasteiger partial charge in [-0.05, 0) is 112 Å². The van der Waals surface area contributed by atoms with Crippen molar-refractivity contribution in [2.45, 2.75) is 0 Å². The number of aromatic nitrogens is 1. The summed E-state index contributed by atoms with van der Waals surface area (Å²) >= 11 is 1.81. The molecule has 0 saturated heterocycles. The molecule has 3 nitrogen and oxygen atoms in total. The summed E-state index contributed by atoms with van der Waals surface area (Å²) in [6.07, 6.45) is 0. The summed E-state index contributed by atoms with van der Waals surface area (Å²) in [5.41, 5.74) is 10.5. The fourth-order valence-electron chi connectivity index (χ4n) is 6.96. The zero-order valence-corrected chi connectivity index (χ0v) is 26.5. The predicted molar refractivity (Wildman–Crippen MR) is 201 cm³/mol. The number of nitrogens with zero attached hydrogens (tertiary/aromatic N) is 3. The Balaban J connectivity index is 1.29. The number of benzene rings is 7. The van der Waals surface area contributed by atoms with Gasteiger partial charge in [0, 0.05) is 36.6 Å². The van der Waals surface area contributed by atoms with Crippen LogP contribution in [-0.4, -0.2) is 4.57 Å². The summed E-state index contributed by atoms with van der Waals surface area (Å²) < 4.78 is 4.80. The Morgan fingerprint density at radius 3 is 1.81 bits per heavy atom. The maximum Gasteiger partial charge on any atom is 0.189 e. The largest absolute Gasteiger partial charge is 0.310 e. The Morgan fingerprint density at radius 1 is 0.500 bits per heavy atom. The maximum absolute atomic E-state index is 9.69. The summed E-state index contributed by atoms with van der Waals surface area (Å²) in [4.78, 5) is 3.93. The van der Waals surface area contributed by atoms with E-state index in [-0.39, 0.29) is 0 Å². The number of rotatable bonds is 4. The van der Waals surface area contributed by atoms with Gasteiger partial charge < -0.3 is 4.57 Å². The Bertz CT molecular complexity index is 2770. The standard InChI is InChI=1S/C44H25N3S/c1-46-35-23-34(24-36(26-35)47-41-14-5-2-11-37(41)38-12-3-6-15-42(38)47)33-21-31(29-10-8-9-28(19-29)27-45)20-32(22-33)30-17-18-44-40(25-30)39-13-4-7-16-43(39)48-44/h2-26H. The highest BCUT2D eigenvalue weighted by atomic mass is 32.1. The molecule has 0 N–H and O–H groups in total. The SMILES string of the molecule is [C-]#[N+]c1cc(-c2cc(-c3cccc(C#N)c3)cc(-c3ccc4sc5ccccc5c4c3)c2)cc(-n2c3ccccc3c3ccccc32)c1. The van der Waals surface area contributed by atoms with Gasteiger partial charge in [-0.15, -0.1) is 11.3 Å². The third-order valence-electron chi connectivity index (χ3n) is 9.17. The lowest BCUT2D eigenvalue weighted by Gasteiger charge is -2.15. The second kappa shape index (κ2) is 11.1. The van der Waals surface area contributed by atoms with Gasteiger partial charge >= 0.3 is 0 Å². The minimum Gasteiger partial charge on any atom is -0.310 e. The molecule has 0 amide bonds. The van der Waals surface area contributed by atoms with Crippen LogP contribution in [0.5, 0.6) is 0 Å². The second-order valence-corrected chi connectivity index (χ2v) is 13.1. The van der Waals surface area contributed by atoms with Gasteiger partial charge in [-0.2, -0.15) is 5.26 Å². The second-order valence-electron chi connectivity index (χ2n) is 12.0. The summed E-state index contributed by atoms with van der Waals surface area (Å²) in [5, 5.41) is 14.6. The molecule has 2 heterocycles. The summed E-state index contributed by atoms with van der Waals surface area (Å²) in [5.74, 6) is 0. The van der Waals surface area contributed by atoms with Crippen LogP contribution >= 0.6 is 11.3 Å². The zero-order chi connectivity index (χ0) is 32.2. The van der Waals surface area contributed by atoms with Crippen molar-refractivity contribution in [3.63, 3.8) is 0 Å². The van der Waals surface area contributed by atoms with Gasteiger partial charge in [-0.25, -0.2) is 4.85 Å². The number of para-hydroxylation sites is 2. The van der Waals surface area contributed by atoms with E-state index in [1.807, 2.05) is 41.7 Å². The lowest BCUT2D eigenvalue weighted by molar-refractivity contribution is 1.18. The maximum atomic E-state index is 9.69. The first-order chi connectivity index (χ1) is 23.7. The van der Waals surface area contributed by atoms with Crippen LogP contribution in [0.15, 0.2) is 152 Å². The van der Waals surface area contributed by atoms with E-state index in [0.717, 1.165) is 50.1 Å². The van der Waals surface area contributed by atoms with Gasteiger partial charge in [0.25, 0.3) is 0 Å². The first-order valence-electron chi connectivity index (χ1n) is 15.8. The summed E-state index contributed by atoms with van der Waals surface area (Å²) in [6, 6.07) is 55.0. The average molecular weight is 628 g/mol. The molecule has 0 saturated carbocycles. The van der Waals surface area contributed by atoms with Gasteiger partial charge in [0.1, 0.15) is 0 Å². The number of thiophene rings is 1. The molecule has 0 radical (unpaired) electrons. The third kappa shape index (κ3) is 4.56. The van der Waals surface area contributed by atoms with Crippen molar-refractivity contribution in [2.75, 3.05) is 0 Å². The third-order valence-corrected chi connectivity index (χ3v) is 10.3. The van der Waals surface area contributed by atoms with Crippen LogP contribution in [0.4, 0.5) is 5.69 Å². The number of fused-ring (bicyclic) bond motifs is 6. The Kier molecular flexibility index (Phi) is 6.44. The molecule has 0 bridgehead atoms. The summed E-state index contributed by atoms with van der Waals surface area (Å²) in [7, 11) is 0. The van der Waals surface area contributed by atoms with Crippen LogP contribution < -0.4 is 0 Å². The number of hydrogen-bond donors (Lipinski definition) is 0. The van der Waals surface area contributed by atoms with Crippen molar-refractivity contribution < 1.29 is 0 Å². The van der Waals surface area contributed by atoms with Gasteiger partial charge in [0.05, 0.1) is 29.2 Å². The van der Waals surface area contributed by atoms with Gasteiger partial charge in [-0.3, -0.25) is 0 Å². The molecule has 9 aromatic rings. The lowest BCUT2D eigenvalue weighted by atomic mass is 9.92. The molecule has 0 fully saturated rings. The van der Waals surface area contributed by atoms with E-state index in [4.69, 9.17) is 6.57 Å². The Hall–Kier alpha value is -6.46. The van der Waals surface area contributed by atoms with Crippen molar-refractivity contribution in [1.82, 2.24) is 4.57 Å². The highest BCUT2D eigenvalue weighted by Gasteiger charge is 2.15. The van der Waals surface area contributed by atoms with E-state index < -0.39 is 0 Å². The molecule has 0 aliphatic rings. The molecular formula is C44H25N3S. The fraction of sp³-hybridized carbons (Fsp3) is 0. The molecule has 48 heavy (non-hydrogen) atoms. The van der Waals surface area contributed by atoms with Gasteiger partial charge in [0.2, 0.25) is 0 Å². The first kappa shape index (κ1) is 27.8. The fourth-order valence-corrected chi connectivity index (χ4v) is 8.04. The molecule has 0 aliphatic heterocycles. The lowest BCUT2D eigenvalue weighted by Crippen LogP contribution is -1.95.